The molecule has 0 spiro atoms. The Hall–Kier alpha value is -4.44. The zero-order valence-corrected chi connectivity index (χ0v) is 15.8. The fourth-order valence-corrected chi connectivity index (χ4v) is 2.66. The van der Waals surface area contributed by atoms with Crippen molar-refractivity contribution in [1.82, 2.24) is 0 Å². The van der Waals surface area contributed by atoms with Crippen molar-refractivity contribution in [3.05, 3.63) is 100 Å². The Balaban J connectivity index is 1.64. The summed E-state index contributed by atoms with van der Waals surface area (Å²) >= 11 is 0. The largest absolute Gasteiger partial charge is 0.484 e. The molecule has 3 aromatic carbocycles. The molecule has 3 rings (SSSR count). The van der Waals surface area contributed by atoms with Crippen LogP contribution in [-0.2, 0) is 4.79 Å². The van der Waals surface area contributed by atoms with Crippen molar-refractivity contribution in [1.29, 1.82) is 5.26 Å². The molecule has 0 saturated carbocycles. The summed E-state index contributed by atoms with van der Waals surface area (Å²) in [6.07, 6.45) is 1.63. The number of carbonyl (C=O) groups is 1. The molecule has 0 bridgehead atoms. The highest BCUT2D eigenvalue weighted by Gasteiger charge is 2.09. The Morgan fingerprint density at radius 1 is 1.07 bits per heavy atom. The second-order valence-electron chi connectivity index (χ2n) is 6.25. The van der Waals surface area contributed by atoms with Crippen molar-refractivity contribution in [3.63, 3.8) is 0 Å². The molecule has 1 N–H and O–H groups in total. The van der Waals surface area contributed by atoms with Gasteiger partial charge in [0.1, 0.15) is 5.75 Å². The number of non-ortho nitro benzene ring substituents is 1. The molecule has 7 nitrogen and oxygen atoms in total. The van der Waals surface area contributed by atoms with E-state index in [2.05, 4.69) is 11.4 Å². The second-order valence-corrected chi connectivity index (χ2v) is 6.25. The van der Waals surface area contributed by atoms with Gasteiger partial charge in [-0.2, -0.15) is 5.26 Å². The molecule has 148 valence electrons. The summed E-state index contributed by atoms with van der Waals surface area (Å²) < 4.78 is 5.48. The lowest BCUT2D eigenvalue weighted by atomic mass is 10.0. The molecule has 0 aliphatic rings. The summed E-state index contributed by atoms with van der Waals surface area (Å²) in [4.78, 5) is 22.4. The second kappa shape index (κ2) is 9.66. The van der Waals surface area contributed by atoms with Gasteiger partial charge in [-0.15, -0.1) is 0 Å². The van der Waals surface area contributed by atoms with Crippen LogP contribution >= 0.6 is 0 Å². The number of nitrogens with one attached hydrogen (secondary N) is 1. The summed E-state index contributed by atoms with van der Waals surface area (Å²) in [6, 6.07) is 23.9. The van der Waals surface area contributed by atoms with Crippen molar-refractivity contribution in [2.24, 2.45) is 0 Å². The van der Waals surface area contributed by atoms with Gasteiger partial charge in [0.2, 0.25) is 0 Å². The first kappa shape index (κ1) is 20.3. The summed E-state index contributed by atoms with van der Waals surface area (Å²) in [6.45, 7) is -0.138. The van der Waals surface area contributed by atoms with E-state index in [4.69, 9.17) is 4.74 Å². The highest BCUT2D eigenvalue weighted by molar-refractivity contribution is 5.92. The van der Waals surface area contributed by atoms with E-state index < -0.39 is 4.92 Å². The van der Waals surface area contributed by atoms with E-state index in [9.17, 15) is 20.2 Å². The Labute approximate surface area is 173 Å². The number of hydrogen-bond donors (Lipinski definition) is 1. The van der Waals surface area contributed by atoms with Crippen molar-refractivity contribution < 1.29 is 14.5 Å². The zero-order chi connectivity index (χ0) is 21.3. The topological polar surface area (TPSA) is 105 Å². The molecule has 0 radical (unpaired) electrons. The molecule has 0 atom stereocenters. The third-order valence-corrected chi connectivity index (χ3v) is 4.11. The number of nitrogens with zero attached hydrogens (tertiary/aromatic N) is 2. The van der Waals surface area contributed by atoms with Crippen molar-refractivity contribution in [2.75, 3.05) is 11.9 Å². The summed E-state index contributed by atoms with van der Waals surface area (Å²) in [5, 5.41) is 23.1. The lowest BCUT2D eigenvalue weighted by Gasteiger charge is -2.08. The van der Waals surface area contributed by atoms with Crippen LogP contribution in [0.4, 0.5) is 11.4 Å². The maximum Gasteiger partial charge on any atom is 0.270 e. The number of benzene rings is 3. The van der Waals surface area contributed by atoms with Gasteiger partial charge in [-0.3, -0.25) is 14.9 Å². The van der Waals surface area contributed by atoms with Crippen molar-refractivity contribution in [3.8, 4) is 11.8 Å². The molecule has 0 unspecified atom stereocenters. The number of carbonyl (C=O) groups excluding carboxylic acids is 1. The smallest absolute Gasteiger partial charge is 0.270 e. The highest BCUT2D eigenvalue weighted by Crippen LogP contribution is 2.23. The molecule has 0 aliphatic heterocycles. The average molecular weight is 399 g/mol. The van der Waals surface area contributed by atoms with Crippen LogP contribution in [0.2, 0.25) is 0 Å². The summed E-state index contributed by atoms with van der Waals surface area (Å²) in [5.41, 5.74) is 2.10. The predicted octanol–water partition coefficient (Wildman–Crippen LogP) is 4.68. The molecular formula is C23H17N3O4. The van der Waals surface area contributed by atoms with Crippen LogP contribution in [-0.4, -0.2) is 17.4 Å². The minimum absolute atomic E-state index is 0.0776. The summed E-state index contributed by atoms with van der Waals surface area (Å²) in [5.74, 6) is 0.229. The number of nitro benzene ring substituents is 1. The van der Waals surface area contributed by atoms with E-state index in [0.717, 1.165) is 5.56 Å². The first-order valence-electron chi connectivity index (χ1n) is 8.99. The number of nitro groups is 1. The third-order valence-electron chi connectivity index (χ3n) is 4.11. The number of hydrogen-bond acceptors (Lipinski definition) is 5. The van der Waals surface area contributed by atoms with Gasteiger partial charge >= 0.3 is 0 Å². The van der Waals surface area contributed by atoms with Crippen molar-refractivity contribution in [2.45, 2.75) is 0 Å². The number of nitriles is 1. The van der Waals surface area contributed by atoms with Crippen molar-refractivity contribution >= 4 is 28.9 Å². The van der Waals surface area contributed by atoms with Gasteiger partial charge in [-0.05, 0) is 41.5 Å². The van der Waals surface area contributed by atoms with Gasteiger partial charge in [0, 0.05) is 17.8 Å². The third kappa shape index (κ3) is 5.53. The molecule has 0 fully saturated rings. The maximum atomic E-state index is 11.9. The minimum Gasteiger partial charge on any atom is -0.484 e. The van der Waals surface area contributed by atoms with Crippen LogP contribution in [0.25, 0.3) is 11.6 Å². The van der Waals surface area contributed by atoms with E-state index in [1.807, 2.05) is 18.2 Å². The van der Waals surface area contributed by atoms with Gasteiger partial charge in [0.25, 0.3) is 11.6 Å². The Bertz CT molecular complexity index is 1120. The number of ether oxygens (including phenoxy) is 1. The predicted molar refractivity (Wildman–Crippen MR) is 114 cm³/mol. The minimum atomic E-state index is -0.501. The lowest BCUT2D eigenvalue weighted by molar-refractivity contribution is -0.384. The van der Waals surface area contributed by atoms with E-state index in [-0.39, 0.29) is 18.2 Å². The van der Waals surface area contributed by atoms with Gasteiger partial charge in [0.05, 0.1) is 16.6 Å². The van der Waals surface area contributed by atoms with E-state index in [0.29, 0.717) is 22.6 Å². The number of rotatable bonds is 7. The molecule has 3 aromatic rings. The molecule has 7 heteroatoms. The van der Waals surface area contributed by atoms with E-state index in [1.54, 1.807) is 48.5 Å². The Kier molecular flexibility index (Phi) is 6.54. The standard InChI is InChI=1S/C23H17N3O4/c24-15-19(18-5-4-8-21(14-18)26(28)29)13-17-9-11-22(12-10-17)30-16-23(27)25-20-6-2-1-3-7-20/h1-14H,16H2,(H,25,27). The molecule has 0 aromatic heterocycles. The lowest BCUT2D eigenvalue weighted by Crippen LogP contribution is -2.20. The van der Waals surface area contributed by atoms with Crippen LogP contribution in [0.15, 0.2) is 78.9 Å². The quantitative estimate of drug-likeness (QED) is 0.269. The van der Waals surface area contributed by atoms with Crippen LogP contribution in [0.5, 0.6) is 5.75 Å². The Morgan fingerprint density at radius 2 is 1.80 bits per heavy atom. The number of amides is 1. The molecular weight excluding hydrogens is 382 g/mol. The van der Waals surface area contributed by atoms with Crippen LogP contribution < -0.4 is 10.1 Å². The highest BCUT2D eigenvalue weighted by atomic mass is 16.6. The fourth-order valence-electron chi connectivity index (χ4n) is 2.66. The number of para-hydroxylation sites is 1. The molecule has 0 aliphatic carbocycles. The normalized spacial score (nSPS) is 10.7. The average Bonchev–Trinajstić information content (AvgIpc) is 2.77. The van der Waals surface area contributed by atoms with Crippen LogP contribution in [0, 0.1) is 21.4 Å². The molecule has 0 heterocycles. The summed E-state index contributed by atoms with van der Waals surface area (Å²) in [7, 11) is 0. The van der Waals surface area contributed by atoms with Gasteiger partial charge < -0.3 is 10.1 Å². The van der Waals surface area contributed by atoms with Crippen LogP contribution in [0.1, 0.15) is 11.1 Å². The number of allylic oxidation sites excluding steroid dienone is 1. The number of anilines is 1. The first-order valence-corrected chi connectivity index (χ1v) is 8.99. The first-order chi connectivity index (χ1) is 14.5. The molecule has 0 saturated heterocycles. The Morgan fingerprint density at radius 3 is 2.47 bits per heavy atom. The van der Waals surface area contributed by atoms with Gasteiger partial charge in [-0.25, -0.2) is 0 Å². The SMILES string of the molecule is N#CC(=Cc1ccc(OCC(=O)Nc2ccccc2)cc1)c1cccc([N+](=O)[O-])c1. The molecule has 1 amide bonds. The van der Waals surface area contributed by atoms with Crippen LogP contribution in [0.3, 0.4) is 0 Å². The fraction of sp³-hybridized carbons (Fsp3) is 0.0435. The zero-order valence-electron chi connectivity index (χ0n) is 15.8. The van der Waals surface area contributed by atoms with Gasteiger partial charge in [-0.1, -0.05) is 42.5 Å². The van der Waals surface area contributed by atoms with E-state index >= 15 is 0 Å². The van der Waals surface area contributed by atoms with Gasteiger partial charge in [0.15, 0.2) is 6.61 Å². The molecule has 30 heavy (non-hydrogen) atoms. The maximum absolute atomic E-state index is 11.9. The van der Waals surface area contributed by atoms with E-state index in [1.165, 1.54) is 18.2 Å². The monoisotopic (exact) mass is 399 g/mol.